The van der Waals surface area contributed by atoms with Crippen molar-refractivity contribution in [1.82, 2.24) is 4.90 Å². The van der Waals surface area contributed by atoms with Crippen molar-refractivity contribution in [1.29, 1.82) is 0 Å². The van der Waals surface area contributed by atoms with E-state index in [-0.39, 0.29) is 31.3 Å². The van der Waals surface area contributed by atoms with Gasteiger partial charge in [-0.05, 0) is 25.5 Å². The van der Waals surface area contributed by atoms with Crippen LogP contribution in [0.2, 0.25) is 0 Å². The summed E-state index contributed by atoms with van der Waals surface area (Å²) in [5, 5.41) is 0. The minimum absolute atomic E-state index is 0.0305. The number of nitrogens with zero attached hydrogens (tertiary/aromatic N) is 2. The lowest BCUT2D eigenvalue weighted by Crippen LogP contribution is -2.40. The molecule has 0 aliphatic carbocycles. The Morgan fingerprint density at radius 3 is 2.72 bits per heavy atom. The topological polar surface area (TPSA) is 49.9 Å². The lowest BCUT2D eigenvalue weighted by Gasteiger charge is -2.25. The molecule has 25 heavy (non-hydrogen) atoms. The van der Waals surface area contributed by atoms with Crippen LogP contribution in [-0.4, -0.2) is 49.4 Å². The van der Waals surface area contributed by atoms with E-state index in [1.54, 1.807) is 18.2 Å². The fourth-order valence-corrected chi connectivity index (χ4v) is 3.05. The number of benzene rings is 1. The van der Waals surface area contributed by atoms with E-state index in [1.807, 2.05) is 19.9 Å². The van der Waals surface area contributed by atoms with Crippen LogP contribution in [0.4, 0.5) is 14.5 Å². The highest BCUT2D eigenvalue weighted by Gasteiger charge is 2.38. The highest BCUT2D eigenvalue weighted by Crippen LogP contribution is 2.33. The van der Waals surface area contributed by atoms with Crippen LogP contribution in [0, 0.1) is 5.92 Å². The summed E-state index contributed by atoms with van der Waals surface area (Å²) >= 11 is 0. The number of anilines is 1. The third-order valence-corrected chi connectivity index (χ3v) is 4.09. The highest BCUT2D eigenvalue weighted by molar-refractivity contribution is 6.01. The maximum absolute atomic E-state index is 12.7. The van der Waals surface area contributed by atoms with E-state index < -0.39 is 18.9 Å². The lowest BCUT2D eigenvalue weighted by molar-refractivity contribution is -0.137. The van der Waals surface area contributed by atoms with Crippen LogP contribution in [-0.2, 0) is 9.59 Å². The summed E-state index contributed by atoms with van der Waals surface area (Å²) in [7, 11) is 0. The van der Waals surface area contributed by atoms with Gasteiger partial charge in [0.05, 0.1) is 24.8 Å². The molecular weight excluding hydrogens is 330 g/mol. The van der Waals surface area contributed by atoms with Crippen LogP contribution in [0.5, 0.6) is 5.75 Å². The van der Waals surface area contributed by atoms with Gasteiger partial charge in [0.15, 0.2) is 0 Å². The van der Waals surface area contributed by atoms with Gasteiger partial charge in [0.2, 0.25) is 11.8 Å². The van der Waals surface area contributed by atoms with Crippen molar-refractivity contribution in [3.05, 3.63) is 24.3 Å². The van der Waals surface area contributed by atoms with Gasteiger partial charge in [-0.25, -0.2) is 8.78 Å². The second-order valence-electron chi connectivity index (χ2n) is 5.98. The Kier molecular flexibility index (Phi) is 6.73. The predicted molar refractivity (Wildman–Crippen MR) is 90.9 cm³/mol. The van der Waals surface area contributed by atoms with Crippen LogP contribution in [0.25, 0.3) is 0 Å². The molecule has 5 nitrogen and oxygen atoms in total. The van der Waals surface area contributed by atoms with Gasteiger partial charge in [-0.1, -0.05) is 19.1 Å². The summed E-state index contributed by atoms with van der Waals surface area (Å²) < 4.78 is 31.0. The average Bonchev–Trinajstić information content (AvgIpc) is 2.96. The molecule has 1 aromatic carbocycles. The molecule has 0 aromatic heterocycles. The molecule has 0 spiro atoms. The molecule has 2 rings (SSSR count). The molecule has 138 valence electrons. The molecule has 0 radical (unpaired) electrons. The normalized spacial score (nSPS) is 17.2. The Morgan fingerprint density at radius 1 is 1.36 bits per heavy atom. The summed E-state index contributed by atoms with van der Waals surface area (Å²) in [6, 6.07) is 7.13. The Labute approximate surface area is 146 Å². The van der Waals surface area contributed by atoms with Gasteiger partial charge in [-0.15, -0.1) is 0 Å². The van der Waals surface area contributed by atoms with Gasteiger partial charge in [-0.2, -0.15) is 0 Å². The summed E-state index contributed by atoms with van der Waals surface area (Å²) in [5.41, 5.74) is 0.612. The quantitative estimate of drug-likeness (QED) is 0.721. The van der Waals surface area contributed by atoms with Gasteiger partial charge >= 0.3 is 0 Å². The minimum Gasteiger partial charge on any atom is -0.492 e. The Morgan fingerprint density at radius 2 is 2.08 bits per heavy atom. The van der Waals surface area contributed by atoms with Gasteiger partial charge in [0.1, 0.15) is 5.75 Å². The maximum atomic E-state index is 12.7. The molecule has 1 heterocycles. The molecule has 0 N–H and O–H groups in total. The van der Waals surface area contributed by atoms with Crippen molar-refractivity contribution in [2.24, 2.45) is 5.92 Å². The Balaban J connectivity index is 2.15. The number of amides is 2. The van der Waals surface area contributed by atoms with Crippen molar-refractivity contribution in [2.75, 3.05) is 31.1 Å². The van der Waals surface area contributed by atoms with Gasteiger partial charge in [0.25, 0.3) is 6.43 Å². The molecule has 7 heteroatoms. The van der Waals surface area contributed by atoms with Crippen molar-refractivity contribution in [2.45, 2.75) is 33.1 Å². The number of carbonyl (C=O) groups excluding carboxylic acids is 2. The van der Waals surface area contributed by atoms with E-state index in [1.165, 1.54) is 9.80 Å². The number of alkyl halides is 2. The number of para-hydroxylation sites is 2. The number of hydrogen-bond donors (Lipinski definition) is 0. The van der Waals surface area contributed by atoms with Crippen LogP contribution in [0.1, 0.15) is 26.7 Å². The fraction of sp³-hybridized carbons (Fsp3) is 0.556. The summed E-state index contributed by atoms with van der Waals surface area (Å²) in [5.74, 6) is -0.609. The van der Waals surface area contributed by atoms with E-state index in [0.717, 1.165) is 0 Å². The molecule has 1 unspecified atom stereocenters. The molecule has 1 aliphatic rings. The van der Waals surface area contributed by atoms with Gasteiger partial charge in [0, 0.05) is 19.5 Å². The van der Waals surface area contributed by atoms with Crippen molar-refractivity contribution < 1.29 is 23.1 Å². The lowest BCUT2D eigenvalue weighted by atomic mass is 10.1. The SMILES string of the molecule is CCCN(CC(F)F)C(=O)C1CC(=O)N(c2ccccc2OCC)C1. The van der Waals surface area contributed by atoms with E-state index >= 15 is 0 Å². The monoisotopic (exact) mass is 354 g/mol. The molecule has 0 saturated carbocycles. The first-order valence-electron chi connectivity index (χ1n) is 8.57. The van der Waals surface area contributed by atoms with E-state index in [9.17, 15) is 18.4 Å². The Hall–Kier alpha value is -2.18. The highest BCUT2D eigenvalue weighted by atomic mass is 19.3. The zero-order valence-corrected chi connectivity index (χ0v) is 14.6. The van der Waals surface area contributed by atoms with Crippen LogP contribution in [0.3, 0.4) is 0 Å². The molecular formula is C18H24F2N2O3. The molecule has 0 bridgehead atoms. The number of ether oxygens (including phenoxy) is 1. The molecule has 1 aromatic rings. The van der Waals surface area contributed by atoms with Gasteiger partial charge in [-0.3, -0.25) is 9.59 Å². The molecule has 1 fully saturated rings. The largest absolute Gasteiger partial charge is 0.492 e. The second kappa shape index (κ2) is 8.78. The maximum Gasteiger partial charge on any atom is 0.255 e. The first-order valence-corrected chi connectivity index (χ1v) is 8.57. The molecule has 1 saturated heterocycles. The first-order chi connectivity index (χ1) is 12.0. The second-order valence-corrected chi connectivity index (χ2v) is 5.98. The minimum atomic E-state index is -2.58. The zero-order chi connectivity index (χ0) is 18.4. The third-order valence-electron chi connectivity index (χ3n) is 4.09. The standard InChI is InChI=1S/C18H24F2N2O3/c1-3-9-21(12-16(19)20)18(24)13-10-17(23)22(11-13)14-7-5-6-8-15(14)25-4-2/h5-8,13,16H,3-4,9-12H2,1-2H3. The number of rotatable bonds is 8. The third kappa shape index (κ3) is 4.67. The van der Waals surface area contributed by atoms with Crippen molar-refractivity contribution >= 4 is 17.5 Å². The first kappa shape index (κ1) is 19.1. The average molecular weight is 354 g/mol. The Bertz CT molecular complexity index is 610. The van der Waals surface area contributed by atoms with Crippen molar-refractivity contribution in [3.8, 4) is 5.75 Å². The molecule has 2 amide bonds. The van der Waals surface area contributed by atoms with E-state index in [0.29, 0.717) is 24.5 Å². The van der Waals surface area contributed by atoms with E-state index in [2.05, 4.69) is 0 Å². The summed E-state index contributed by atoms with van der Waals surface area (Å²) in [4.78, 5) is 27.7. The number of halogens is 2. The van der Waals surface area contributed by atoms with Crippen LogP contribution >= 0.6 is 0 Å². The smallest absolute Gasteiger partial charge is 0.255 e. The molecule has 1 atom stereocenters. The number of carbonyl (C=O) groups is 2. The summed E-state index contributed by atoms with van der Waals surface area (Å²) in [6.07, 6.45) is -1.96. The number of hydrogen-bond acceptors (Lipinski definition) is 3. The summed E-state index contributed by atoms with van der Waals surface area (Å²) in [6.45, 7) is 4.00. The van der Waals surface area contributed by atoms with Crippen molar-refractivity contribution in [3.63, 3.8) is 0 Å². The fourth-order valence-electron chi connectivity index (χ4n) is 3.05. The molecule has 1 aliphatic heterocycles. The van der Waals surface area contributed by atoms with Crippen LogP contribution < -0.4 is 9.64 Å². The predicted octanol–water partition coefficient (Wildman–Crippen LogP) is 2.94. The van der Waals surface area contributed by atoms with E-state index in [4.69, 9.17) is 4.74 Å². The zero-order valence-electron chi connectivity index (χ0n) is 14.6. The van der Waals surface area contributed by atoms with Gasteiger partial charge < -0.3 is 14.5 Å². The van der Waals surface area contributed by atoms with Crippen LogP contribution in [0.15, 0.2) is 24.3 Å².